The third-order valence-corrected chi connectivity index (χ3v) is 4.79. The van der Waals surface area contributed by atoms with Gasteiger partial charge in [0.15, 0.2) is 0 Å². The van der Waals surface area contributed by atoms with Crippen LogP contribution < -0.4 is 11.3 Å². The van der Waals surface area contributed by atoms with Crippen LogP contribution >= 0.6 is 0 Å². The summed E-state index contributed by atoms with van der Waals surface area (Å²) in [5.41, 5.74) is 3.03. The standard InChI is InChI=1S/C14H28N2O/c1-11-6-5-7-12(10-11)13(16-15)14(2)8-3-4-9-17-14/h11-13,16H,3-10,15H2,1-2H3. The van der Waals surface area contributed by atoms with E-state index in [1.807, 2.05) is 0 Å². The Morgan fingerprint density at radius 2 is 2.12 bits per heavy atom. The molecule has 1 saturated heterocycles. The van der Waals surface area contributed by atoms with E-state index >= 15 is 0 Å². The van der Waals surface area contributed by atoms with E-state index in [9.17, 15) is 0 Å². The predicted octanol–water partition coefficient (Wildman–Crippen LogP) is 2.60. The maximum atomic E-state index is 6.06. The lowest BCUT2D eigenvalue weighted by Gasteiger charge is -2.45. The van der Waals surface area contributed by atoms with Crippen molar-refractivity contribution in [1.29, 1.82) is 0 Å². The van der Waals surface area contributed by atoms with Crippen LogP contribution in [0.5, 0.6) is 0 Å². The molecule has 3 heteroatoms. The Bertz CT molecular complexity index is 238. The molecular weight excluding hydrogens is 212 g/mol. The maximum absolute atomic E-state index is 6.06. The summed E-state index contributed by atoms with van der Waals surface area (Å²) in [5.74, 6) is 7.37. The van der Waals surface area contributed by atoms with Gasteiger partial charge in [0.05, 0.1) is 11.6 Å². The molecule has 17 heavy (non-hydrogen) atoms. The van der Waals surface area contributed by atoms with Gasteiger partial charge in [0, 0.05) is 6.61 Å². The zero-order valence-electron chi connectivity index (χ0n) is 11.4. The number of ether oxygens (including phenoxy) is 1. The van der Waals surface area contributed by atoms with Gasteiger partial charge in [0.1, 0.15) is 0 Å². The van der Waals surface area contributed by atoms with Gasteiger partial charge < -0.3 is 4.74 Å². The van der Waals surface area contributed by atoms with E-state index in [1.165, 1.54) is 38.5 Å². The molecular formula is C14H28N2O. The summed E-state index contributed by atoms with van der Waals surface area (Å²) in [4.78, 5) is 0. The second-order valence-corrected chi connectivity index (χ2v) is 6.29. The number of nitrogens with one attached hydrogen (secondary N) is 1. The lowest BCUT2D eigenvalue weighted by molar-refractivity contribution is -0.105. The Balaban J connectivity index is 2.03. The number of nitrogens with two attached hydrogens (primary N) is 1. The summed E-state index contributed by atoms with van der Waals surface area (Å²) in [6, 6.07) is 0.325. The second-order valence-electron chi connectivity index (χ2n) is 6.29. The van der Waals surface area contributed by atoms with Crippen molar-refractivity contribution in [3.63, 3.8) is 0 Å². The van der Waals surface area contributed by atoms with E-state index in [4.69, 9.17) is 10.6 Å². The lowest BCUT2D eigenvalue weighted by atomic mass is 9.72. The van der Waals surface area contributed by atoms with Crippen molar-refractivity contribution in [2.45, 2.75) is 70.4 Å². The van der Waals surface area contributed by atoms with Crippen LogP contribution in [0.15, 0.2) is 0 Å². The fraction of sp³-hybridized carbons (Fsp3) is 1.00. The first kappa shape index (κ1) is 13.3. The fourth-order valence-corrected chi connectivity index (χ4v) is 3.80. The van der Waals surface area contributed by atoms with Crippen molar-refractivity contribution in [3.8, 4) is 0 Å². The molecule has 100 valence electrons. The minimum absolute atomic E-state index is 0.0469. The normalized spacial score (nSPS) is 41.1. The van der Waals surface area contributed by atoms with Crippen molar-refractivity contribution in [1.82, 2.24) is 5.43 Å². The Morgan fingerprint density at radius 1 is 1.29 bits per heavy atom. The van der Waals surface area contributed by atoms with Gasteiger partial charge in [-0.2, -0.15) is 0 Å². The van der Waals surface area contributed by atoms with Crippen LogP contribution in [0.25, 0.3) is 0 Å². The number of rotatable bonds is 3. The van der Waals surface area contributed by atoms with E-state index in [0.717, 1.165) is 18.9 Å². The van der Waals surface area contributed by atoms with E-state index in [0.29, 0.717) is 12.0 Å². The average molecular weight is 240 g/mol. The maximum Gasteiger partial charge on any atom is 0.0822 e. The number of hydrogen-bond donors (Lipinski definition) is 2. The molecule has 1 saturated carbocycles. The Hall–Kier alpha value is -0.120. The summed E-state index contributed by atoms with van der Waals surface area (Å²) in [5, 5.41) is 0. The first-order valence-corrected chi connectivity index (χ1v) is 7.26. The first-order chi connectivity index (χ1) is 8.15. The van der Waals surface area contributed by atoms with E-state index in [-0.39, 0.29) is 5.60 Å². The largest absolute Gasteiger partial charge is 0.374 e. The van der Waals surface area contributed by atoms with E-state index in [1.54, 1.807) is 0 Å². The Morgan fingerprint density at radius 3 is 2.71 bits per heavy atom. The van der Waals surface area contributed by atoms with Gasteiger partial charge in [-0.05, 0) is 50.9 Å². The first-order valence-electron chi connectivity index (χ1n) is 7.26. The zero-order chi connectivity index (χ0) is 12.3. The van der Waals surface area contributed by atoms with Crippen LogP contribution in [-0.4, -0.2) is 18.2 Å². The van der Waals surface area contributed by atoms with E-state index < -0.39 is 0 Å². The SMILES string of the molecule is CC1CCCC(C(NN)C2(C)CCCCO2)C1. The van der Waals surface area contributed by atoms with Crippen LogP contribution in [-0.2, 0) is 4.74 Å². The molecule has 1 aliphatic heterocycles. The van der Waals surface area contributed by atoms with Gasteiger partial charge >= 0.3 is 0 Å². The molecule has 0 spiro atoms. The zero-order valence-corrected chi connectivity index (χ0v) is 11.4. The molecule has 1 aliphatic carbocycles. The lowest BCUT2D eigenvalue weighted by Crippen LogP contribution is -2.58. The number of hydrogen-bond acceptors (Lipinski definition) is 3. The van der Waals surface area contributed by atoms with Gasteiger partial charge in [0.25, 0.3) is 0 Å². The van der Waals surface area contributed by atoms with Crippen molar-refractivity contribution >= 4 is 0 Å². The number of hydrazine groups is 1. The summed E-state index contributed by atoms with van der Waals surface area (Å²) in [6.45, 7) is 5.51. The molecule has 1 heterocycles. The highest BCUT2D eigenvalue weighted by atomic mass is 16.5. The van der Waals surface area contributed by atoms with Crippen LogP contribution in [0.1, 0.15) is 58.8 Å². The van der Waals surface area contributed by atoms with E-state index in [2.05, 4.69) is 19.3 Å². The Labute approximate surface area is 105 Å². The summed E-state index contributed by atoms with van der Waals surface area (Å²) in [7, 11) is 0. The molecule has 0 bridgehead atoms. The molecule has 3 N–H and O–H groups in total. The summed E-state index contributed by atoms with van der Waals surface area (Å²) >= 11 is 0. The molecule has 2 fully saturated rings. The van der Waals surface area contributed by atoms with Crippen LogP contribution in [0.2, 0.25) is 0 Å². The average Bonchev–Trinajstić information content (AvgIpc) is 2.30. The van der Waals surface area contributed by atoms with Gasteiger partial charge in [-0.1, -0.05) is 19.8 Å². The molecule has 0 aromatic heterocycles. The van der Waals surface area contributed by atoms with Crippen molar-refractivity contribution in [2.75, 3.05) is 6.61 Å². The van der Waals surface area contributed by atoms with Crippen LogP contribution in [0.4, 0.5) is 0 Å². The van der Waals surface area contributed by atoms with Crippen molar-refractivity contribution < 1.29 is 4.74 Å². The molecule has 0 aromatic carbocycles. The third kappa shape index (κ3) is 3.01. The Kier molecular flexibility index (Phi) is 4.45. The monoisotopic (exact) mass is 240 g/mol. The van der Waals surface area contributed by atoms with Crippen molar-refractivity contribution in [3.05, 3.63) is 0 Å². The highest BCUT2D eigenvalue weighted by Gasteiger charge is 2.41. The smallest absolute Gasteiger partial charge is 0.0822 e. The predicted molar refractivity (Wildman–Crippen MR) is 70.4 cm³/mol. The third-order valence-electron chi connectivity index (χ3n) is 4.79. The topological polar surface area (TPSA) is 47.3 Å². The molecule has 4 atom stereocenters. The summed E-state index contributed by atoms with van der Waals surface area (Å²) < 4.78 is 6.06. The molecule has 0 aromatic rings. The van der Waals surface area contributed by atoms with Gasteiger partial charge in [0.2, 0.25) is 0 Å². The van der Waals surface area contributed by atoms with Crippen molar-refractivity contribution in [2.24, 2.45) is 17.7 Å². The highest BCUT2D eigenvalue weighted by molar-refractivity contribution is 4.95. The highest BCUT2D eigenvalue weighted by Crippen LogP contribution is 2.38. The summed E-state index contributed by atoms with van der Waals surface area (Å²) in [6.07, 6.45) is 8.95. The molecule has 0 radical (unpaired) electrons. The van der Waals surface area contributed by atoms with Crippen LogP contribution in [0.3, 0.4) is 0 Å². The molecule has 3 nitrogen and oxygen atoms in total. The van der Waals surface area contributed by atoms with Gasteiger partial charge in [-0.3, -0.25) is 11.3 Å². The minimum Gasteiger partial charge on any atom is -0.374 e. The van der Waals surface area contributed by atoms with Gasteiger partial charge in [-0.15, -0.1) is 0 Å². The molecule has 4 unspecified atom stereocenters. The van der Waals surface area contributed by atoms with Gasteiger partial charge in [-0.25, -0.2) is 0 Å². The van der Waals surface area contributed by atoms with Crippen LogP contribution in [0, 0.1) is 11.8 Å². The molecule has 0 amide bonds. The minimum atomic E-state index is -0.0469. The molecule has 2 rings (SSSR count). The quantitative estimate of drug-likeness (QED) is 0.589. The molecule has 2 aliphatic rings. The second kappa shape index (κ2) is 5.68. The fourth-order valence-electron chi connectivity index (χ4n) is 3.80.